The summed E-state index contributed by atoms with van der Waals surface area (Å²) in [6, 6.07) is 14.3. The molecule has 0 amide bonds. The summed E-state index contributed by atoms with van der Waals surface area (Å²) in [6.07, 6.45) is 1.74. The maximum absolute atomic E-state index is 11.2. The fraction of sp³-hybridized carbons (Fsp3) is 0.150. The van der Waals surface area contributed by atoms with E-state index in [0.29, 0.717) is 17.3 Å². The SMILES string of the molecule is Cc1cc(/C=N\NCc2ccc(Cl)cc2)c(C)n1-c1ccc(Cl)c([N+](=O)[O-])c1. The van der Waals surface area contributed by atoms with Gasteiger partial charge >= 0.3 is 0 Å². The lowest BCUT2D eigenvalue weighted by atomic mass is 10.2. The van der Waals surface area contributed by atoms with Gasteiger partial charge in [-0.3, -0.25) is 10.1 Å². The molecule has 0 radical (unpaired) electrons. The first-order chi connectivity index (χ1) is 13.4. The summed E-state index contributed by atoms with van der Waals surface area (Å²) in [4.78, 5) is 10.7. The Morgan fingerprint density at radius 1 is 1.14 bits per heavy atom. The molecule has 0 aliphatic rings. The molecule has 6 nitrogen and oxygen atoms in total. The maximum atomic E-state index is 11.2. The molecule has 3 rings (SSSR count). The summed E-state index contributed by atoms with van der Waals surface area (Å²) >= 11 is 11.8. The minimum Gasteiger partial charge on any atom is -0.318 e. The van der Waals surface area contributed by atoms with Crippen molar-refractivity contribution in [1.29, 1.82) is 0 Å². The van der Waals surface area contributed by atoms with Crippen LogP contribution in [0.25, 0.3) is 5.69 Å². The molecular weight excluding hydrogens is 399 g/mol. The minimum atomic E-state index is -0.483. The molecule has 0 bridgehead atoms. The van der Waals surface area contributed by atoms with E-state index in [1.807, 2.05) is 48.7 Å². The Kier molecular flexibility index (Phi) is 6.02. The minimum absolute atomic E-state index is 0.115. The van der Waals surface area contributed by atoms with Gasteiger partial charge < -0.3 is 9.99 Å². The van der Waals surface area contributed by atoms with Crippen molar-refractivity contribution < 1.29 is 4.92 Å². The Morgan fingerprint density at radius 3 is 2.54 bits per heavy atom. The molecule has 8 heteroatoms. The lowest BCUT2D eigenvalue weighted by molar-refractivity contribution is -0.384. The number of hydrogen-bond donors (Lipinski definition) is 1. The van der Waals surface area contributed by atoms with Gasteiger partial charge in [-0.25, -0.2) is 0 Å². The third-order valence-corrected chi connectivity index (χ3v) is 4.92. The highest BCUT2D eigenvalue weighted by atomic mass is 35.5. The van der Waals surface area contributed by atoms with Crippen LogP contribution >= 0.6 is 23.2 Å². The molecule has 0 aliphatic carbocycles. The highest BCUT2D eigenvalue weighted by molar-refractivity contribution is 6.32. The Hall–Kier alpha value is -2.83. The number of halogens is 2. The lowest BCUT2D eigenvalue weighted by Crippen LogP contribution is -2.05. The van der Waals surface area contributed by atoms with Gasteiger partial charge in [0, 0.05) is 28.0 Å². The van der Waals surface area contributed by atoms with E-state index in [1.165, 1.54) is 12.1 Å². The summed E-state index contributed by atoms with van der Waals surface area (Å²) in [5, 5.41) is 16.3. The van der Waals surface area contributed by atoms with E-state index in [-0.39, 0.29) is 10.7 Å². The number of nitro groups is 1. The topological polar surface area (TPSA) is 72.5 Å². The van der Waals surface area contributed by atoms with E-state index in [4.69, 9.17) is 23.2 Å². The zero-order chi connectivity index (χ0) is 20.3. The molecule has 0 atom stereocenters. The van der Waals surface area contributed by atoms with Gasteiger partial charge in [0.2, 0.25) is 0 Å². The van der Waals surface area contributed by atoms with Crippen molar-refractivity contribution in [3.05, 3.63) is 91.2 Å². The number of rotatable bonds is 6. The summed E-state index contributed by atoms with van der Waals surface area (Å²) in [5.74, 6) is 0. The molecule has 0 aliphatic heterocycles. The van der Waals surface area contributed by atoms with Crippen molar-refractivity contribution >= 4 is 35.1 Å². The van der Waals surface area contributed by atoms with Gasteiger partial charge in [0.15, 0.2) is 0 Å². The quantitative estimate of drug-likeness (QED) is 0.330. The Labute approximate surface area is 172 Å². The van der Waals surface area contributed by atoms with Crippen LogP contribution in [0.3, 0.4) is 0 Å². The van der Waals surface area contributed by atoms with Crippen molar-refractivity contribution in [3.63, 3.8) is 0 Å². The molecule has 3 aromatic rings. The van der Waals surface area contributed by atoms with Crippen LogP contribution in [0.4, 0.5) is 5.69 Å². The first-order valence-electron chi connectivity index (χ1n) is 8.50. The van der Waals surface area contributed by atoms with Gasteiger partial charge in [0.25, 0.3) is 5.69 Å². The van der Waals surface area contributed by atoms with Crippen molar-refractivity contribution in [2.45, 2.75) is 20.4 Å². The fourth-order valence-corrected chi connectivity index (χ4v) is 3.26. The standard InChI is InChI=1S/C20H18Cl2N4O2/c1-13-9-16(12-24-23-11-15-3-5-17(21)6-4-15)14(2)25(13)18-7-8-19(22)20(10-18)26(27)28/h3-10,12,23H,11H2,1-2H3/b24-12-. The number of hydrogen-bond acceptors (Lipinski definition) is 4. The maximum Gasteiger partial charge on any atom is 0.289 e. The molecule has 1 heterocycles. The molecular formula is C20H18Cl2N4O2. The molecule has 0 saturated heterocycles. The highest BCUT2D eigenvalue weighted by Crippen LogP contribution is 2.29. The smallest absolute Gasteiger partial charge is 0.289 e. The van der Waals surface area contributed by atoms with E-state index in [2.05, 4.69) is 10.5 Å². The summed E-state index contributed by atoms with van der Waals surface area (Å²) in [6.45, 7) is 4.45. The van der Waals surface area contributed by atoms with E-state index >= 15 is 0 Å². The Morgan fingerprint density at radius 2 is 1.86 bits per heavy atom. The molecule has 2 aromatic carbocycles. The van der Waals surface area contributed by atoms with Crippen molar-refractivity contribution in [2.24, 2.45) is 5.10 Å². The zero-order valence-corrected chi connectivity index (χ0v) is 16.8. The second kappa shape index (κ2) is 8.46. The number of nitro benzene ring substituents is 1. The average molecular weight is 417 g/mol. The number of nitrogens with zero attached hydrogens (tertiary/aromatic N) is 3. The number of aromatic nitrogens is 1. The van der Waals surface area contributed by atoms with Crippen molar-refractivity contribution in [3.8, 4) is 5.69 Å². The van der Waals surface area contributed by atoms with Crippen LogP contribution in [0.15, 0.2) is 53.6 Å². The van der Waals surface area contributed by atoms with Gasteiger partial charge in [0.1, 0.15) is 5.02 Å². The zero-order valence-electron chi connectivity index (χ0n) is 15.3. The van der Waals surface area contributed by atoms with E-state index in [9.17, 15) is 10.1 Å². The predicted molar refractivity (Wildman–Crippen MR) is 113 cm³/mol. The van der Waals surface area contributed by atoms with Crippen LogP contribution in [-0.2, 0) is 6.54 Å². The monoisotopic (exact) mass is 416 g/mol. The number of benzene rings is 2. The average Bonchev–Trinajstić information content (AvgIpc) is 2.94. The van der Waals surface area contributed by atoms with E-state index in [0.717, 1.165) is 22.5 Å². The second-order valence-corrected chi connectivity index (χ2v) is 7.12. The van der Waals surface area contributed by atoms with Gasteiger partial charge in [-0.05, 0) is 49.7 Å². The third-order valence-electron chi connectivity index (χ3n) is 4.35. The van der Waals surface area contributed by atoms with Crippen molar-refractivity contribution in [2.75, 3.05) is 0 Å². The first kappa shape index (κ1) is 19.9. The normalized spacial score (nSPS) is 11.1. The molecule has 1 N–H and O–H groups in total. The van der Waals surface area contributed by atoms with Gasteiger partial charge in [-0.2, -0.15) is 5.10 Å². The molecule has 0 spiro atoms. The molecule has 0 fully saturated rings. The van der Waals surface area contributed by atoms with Crippen LogP contribution in [0.5, 0.6) is 0 Å². The summed E-state index contributed by atoms with van der Waals surface area (Å²) in [7, 11) is 0. The Bertz CT molecular complexity index is 1040. The second-order valence-electron chi connectivity index (χ2n) is 6.27. The highest BCUT2D eigenvalue weighted by Gasteiger charge is 2.16. The summed E-state index contributed by atoms with van der Waals surface area (Å²) in [5.41, 5.74) is 7.41. The van der Waals surface area contributed by atoms with Crippen LogP contribution in [0.1, 0.15) is 22.5 Å². The van der Waals surface area contributed by atoms with Gasteiger partial charge in [0.05, 0.1) is 23.4 Å². The lowest BCUT2D eigenvalue weighted by Gasteiger charge is -2.10. The van der Waals surface area contributed by atoms with Crippen molar-refractivity contribution in [1.82, 2.24) is 9.99 Å². The van der Waals surface area contributed by atoms with Crippen LogP contribution in [-0.4, -0.2) is 15.7 Å². The van der Waals surface area contributed by atoms with Gasteiger partial charge in [-0.1, -0.05) is 35.3 Å². The molecule has 1 aromatic heterocycles. The Balaban J connectivity index is 1.79. The van der Waals surface area contributed by atoms with Crippen LogP contribution in [0.2, 0.25) is 10.0 Å². The molecule has 0 unspecified atom stereocenters. The van der Waals surface area contributed by atoms with Gasteiger partial charge in [-0.15, -0.1) is 0 Å². The molecule has 0 saturated carbocycles. The predicted octanol–water partition coefficient (Wildman–Crippen LogP) is 5.43. The first-order valence-corrected chi connectivity index (χ1v) is 9.26. The molecule has 28 heavy (non-hydrogen) atoms. The fourth-order valence-electron chi connectivity index (χ4n) is 2.95. The van der Waals surface area contributed by atoms with E-state index in [1.54, 1.807) is 12.3 Å². The largest absolute Gasteiger partial charge is 0.318 e. The summed E-state index contributed by atoms with van der Waals surface area (Å²) < 4.78 is 1.93. The molecule has 144 valence electrons. The number of nitrogens with one attached hydrogen (secondary N) is 1. The van der Waals surface area contributed by atoms with E-state index < -0.39 is 4.92 Å². The number of aryl methyl sites for hydroxylation is 1. The third kappa shape index (κ3) is 4.35. The van der Waals surface area contributed by atoms with Crippen LogP contribution in [0, 0.1) is 24.0 Å². The van der Waals surface area contributed by atoms with Crippen LogP contribution < -0.4 is 5.43 Å². The number of hydrazone groups is 1.